The van der Waals surface area contributed by atoms with Gasteiger partial charge in [0.2, 0.25) is 5.91 Å². The summed E-state index contributed by atoms with van der Waals surface area (Å²) < 4.78 is 0. The van der Waals surface area contributed by atoms with Gasteiger partial charge >= 0.3 is 0 Å². The monoisotopic (exact) mass is 350 g/mol. The van der Waals surface area contributed by atoms with E-state index in [2.05, 4.69) is 10.6 Å². The van der Waals surface area contributed by atoms with Crippen molar-refractivity contribution in [1.82, 2.24) is 10.6 Å². The number of hydrogen-bond donors (Lipinski definition) is 2. The normalized spacial score (nSPS) is 11.7. The quantitative estimate of drug-likeness (QED) is 0.746. The Morgan fingerprint density at radius 3 is 2.61 bits per heavy atom. The standard InChI is InChI=1S/C17H19ClN2O2S/c1-12(13-4-6-15(18)7-5-13)20-16(21)3-2-9-19-17(22)14-8-10-23-11-14/h4-8,10-12H,2-3,9H2,1H3,(H,19,22)(H,20,21). The van der Waals surface area contributed by atoms with Gasteiger partial charge in [-0.25, -0.2) is 0 Å². The van der Waals surface area contributed by atoms with E-state index in [0.717, 1.165) is 5.56 Å². The second-order valence-electron chi connectivity index (χ2n) is 5.21. The molecule has 0 spiro atoms. The largest absolute Gasteiger partial charge is 0.352 e. The van der Waals surface area contributed by atoms with Crippen molar-refractivity contribution in [2.45, 2.75) is 25.8 Å². The smallest absolute Gasteiger partial charge is 0.252 e. The fourth-order valence-corrected chi connectivity index (χ4v) is 2.86. The van der Waals surface area contributed by atoms with Crippen LogP contribution in [0, 0.1) is 0 Å². The summed E-state index contributed by atoms with van der Waals surface area (Å²) in [7, 11) is 0. The minimum atomic E-state index is -0.0961. The van der Waals surface area contributed by atoms with Gasteiger partial charge in [-0.1, -0.05) is 23.7 Å². The molecule has 2 amide bonds. The van der Waals surface area contributed by atoms with Gasteiger partial charge < -0.3 is 10.6 Å². The first-order valence-corrected chi connectivity index (χ1v) is 8.73. The van der Waals surface area contributed by atoms with Gasteiger partial charge in [0.05, 0.1) is 6.04 Å². The van der Waals surface area contributed by atoms with Gasteiger partial charge in [-0.15, -0.1) is 0 Å². The summed E-state index contributed by atoms with van der Waals surface area (Å²) in [6.45, 7) is 2.41. The third kappa shape index (κ3) is 5.69. The zero-order valence-electron chi connectivity index (χ0n) is 12.8. The lowest BCUT2D eigenvalue weighted by Gasteiger charge is -2.14. The second kappa shape index (κ2) is 8.70. The molecule has 0 bridgehead atoms. The SMILES string of the molecule is CC(NC(=O)CCCNC(=O)c1ccsc1)c1ccc(Cl)cc1. The van der Waals surface area contributed by atoms with Gasteiger partial charge in [0.1, 0.15) is 0 Å². The molecule has 0 aliphatic carbocycles. The average Bonchev–Trinajstić information content (AvgIpc) is 3.06. The maximum atomic E-state index is 11.9. The zero-order valence-corrected chi connectivity index (χ0v) is 14.4. The van der Waals surface area contributed by atoms with Crippen LogP contribution in [-0.2, 0) is 4.79 Å². The van der Waals surface area contributed by atoms with Crippen LogP contribution in [0.1, 0.15) is 41.7 Å². The molecular formula is C17H19ClN2O2S. The molecule has 122 valence electrons. The molecule has 1 atom stereocenters. The minimum absolute atomic E-state index is 0.0303. The van der Waals surface area contributed by atoms with Crippen molar-refractivity contribution in [2.24, 2.45) is 0 Å². The van der Waals surface area contributed by atoms with Gasteiger partial charge in [0, 0.05) is 28.9 Å². The molecule has 2 N–H and O–H groups in total. The second-order valence-corrected chi connectivity index (χ2v) is 6.43. The lowest BCUT2D eigenvalue weighted by atomic mass is 10.1. The lowest BCUT2D eigenvalue weighted by molar-refractivity contribution is -0.121. The molecule has 4 nitrogen and oxygen atoms in total. The maximum Gasteiger partial charge on any atom is 0.252 e. The molecule has 1 heterocycles. The highest BCUT2D eigenvalue weighted by atomic mass is 35.5. The summed E-state index contributed by atoms with van der Waals surface area (Å²) in [4.78, 5) is 23.6. The Bertz CT molecular complexity index is 641. The van der Waals surface area contributed by atoms with Crippen molar-refractivity contribution >= 4 is 34.8 Å². The molecule has 0 saturated carbocycles. The number of carbonyl (C=O) groups is 2. The Morgan fingerprint density at radius 1 is 1.22 bits per heavy atom. The van der Waals surface area contributed by atoms with Gasteiger partial charge in [-0.05, 0) is 42.5 Å². The fraction of sp³-hybridized carbons (Fsp3) is 0.294. The Balaban J connectivity index is 1.67. The molecule has 1 unspecified atom stereocenters. The van der Waals surface area contributed by atoms with Gasteiger partial charge in [-0.3, -0.25) is 9.59 Å². The first kappa shape index (κ1) is 17.5. The Morgan fingerprint density at radius 2 is 1.96 bits per heavy atom. The van der Waals surface area contributed by atoms with Crippen LogP contribution in [0.4, 0.5) is 0 Å². The number of rotatable bonds is 7. The van der Waals surface area contributed by atoms with Crippen molar-refractivity contribution in [3.8, 4) is 0 Å². The zero-order chi connectivity index (χ0) is 16.7. The first-order chi connectivity index (χ1) is 11.1. The average molecular weight is 351 g/mol. The first-order valence-electron chi connectivity index (χ1n) is 7.41. The van der Waals surface area contributed by atoms with Crippen LogP contribution in [0.5, 0.6) is 0 Å². The number of nitrogens with one attached hydrogen (secondary N) is 2. The van der Waals surface area contributed by atoms with E-state index in [-0.39, 0.29) is 17.9 Å². The Labute approximate surface area is 144 Å². The predicted octanol–water partition coefficient (Wildman–Crippen LogP) is 3.79. The van der Waals surface area contributed by atoms with E-state index in [4.69, 9.17) is 11.6 Å². The van der Waals surface area contributed by atoms with Gasteiger partial charge in [0.25, 0.3) is 5.91 Å². The summed E-state index contributed by atoms with van der Waals surface area (Å²) in [6, 6.07) is 9.11. The fourth-order valence-electron chi connectivity index (χ4n) is 2.10. The third-order valence-corrected chi connectivity index (χ3v) is 4.33. The van der Waals surface area contributed by atoms with Crippen LogP contribution >= 0.6 is 22.9 Å². The minimum Gasteiger partial charge on any atom is -0.352 e. The summed E-state index contributed by atoms with van der Waals surface area (Å²) in [5.41, 5.74) is 1.67. The van der Waals surface area contributed by atoms with Crippen LogP contribution in [0.3, 0.4) is 0 Å². The summed E-state index contributed by atoms with van der Waals surface area (Å²) in [5.74, 6) is -0.126. The molecule has 1 aromatic heterocycles. The number of carbonyl (C=O) groups excluding carboxylic acids is 2. The van der Waals surface area contributed by atoms with E-state index >= 15 is 0 Å². The Kier molecular flexibility index (Phi) is 6.62. The highest BCUT2D eigenvalue weighted by Gasteiger charge is 2.10. The van der Waals surface area contributed by atoms with Gasteiger partial charge in [0.15, 0.2) is 0 Å². The molecule has 2 aromatic rings. The van der Waals surface area contributed by atoms with E-state index in [9.17, 15) is 9.59 Å². The highest BCUT2D eigenvalue weighted by Crippen LogP contribution is 2.16. The van der Waals surface area contributed by atoms with Crippen LogP contribution < -0.4 is 10.6 Å². The number of thiophene rings is 1. The molecule has 0 radical (unpaired) electrons. The van der Waals surface area contributed by atoms with E-state index < -0.39 is 0 Å². The van der Waals surface area contributed by atoms with Crippen molar-refractivity contribution in [3.05, 3.63) is 57.2 Å². The van der Waals surface area contributed by atoms with Crippen LogP contribution in [0.2, 0.25) is 5.02 Å². The molecule has 0 saturated heterocycles. The van der Waals surface area contributed by atoms with Crippen molar-refractivity contribution in [3.63, 3.8) is 0 Å². The molecule has 2 rings (SSSR count). The van der Waals surface area contributed by atoms with Crippen LogP contribution in [0.15, 0.2) is 41.1 Å². The molecular weight excluding hydrogens is 332 g/mol. The van der Waals surface area contributed by atoms with E-state index in [1.165, 1.54) is 11.3 Å². The lowest BCUT2D eigenvalue weighted by Crippen LogP contribution is -2.28. The summed E-state index contributed by atoms with van der Waals surface area (Å²) in [5, 5.41) is 10.1. The molecule has 6 heteroatoms. The Hall–Kier alpha value is -1.85. The van der Waals surface area contributed by atoms with Crippen molar-refractivity contribution in [1.29, 1.82) is 0 Å². The number of benzene rings is 1. The molecule has 0 aliphatic rings. The number of halogens is 1. The molecule has 0 aliphatic heterocycles. The van der Waals surface area contributed by atoms with Crippen LogP contribution in [0.25, 0.3) is 0 Å². The molecule has 23 heavy (non-hydrogen) atoms. The maximum absolute atomic E-state index is 11.9. The van der Waals surface area contributed by atoms with E-state index in [1.54, 1.807) is 23.6 Å². The van der Waals surface area contributed by atoms with Gasteiger partial charge in [-0.2, -0.15) is 11.3 Å². The molecule has 1 aromatic carbocycles. The topological polar surface area (TPSA) is 58.2 Å². The molecule has 0 fully saturated rings. The van der Waals surface area contributed by atoms with E-state index in [0.29, 0.717) is 30.0 Å². The summed E-state index contributed by atoms with van der Waals surface area (Å²) >= 11 is 7.33. The summed E-state index contributed by atoms with van der Waals surface area (Å²) in [6.07, 6.45) is 0.983. The predicted molar refractivity (Wildman–Crippen MR) is 93.9 cm³/mol. The number of amides is 2. The highest BCUT2D eigenvalue weighted by molar-refractivity contribution is 7.08. The van der Waals surface area contributed by atoms with Crippen molar-refractivity contribution < 1.29 is 9.59 Å². The van der Waals surface area contributed by atoms with Crippen molar-refractivity contribution in [2.75, 3.05) is 6.54 Å². The van der Waals surface area contributed by atoms with Crippen LogP contribution in [-0.4, -0.2) is 18.4 Å². The third-order valence-electron chi connectivity index (χ3n) is 3.40. The van der Waals surface area contributed by atoms with E-state index in [1.807, 2.05) is 24.4 Å². The number of hydrogen-bond acceptors (Lipinski definition) is 3.